The minimum atomic E-state index is -0.463. The standard InChI is InChI=1S/C17H26N2O3/c1-12-8-14(13-6-7-15(21-5)18-9-13)11-19(10-12)16(20)22-17(2,3)4/h6-7,9,12,14H,8,10-11H2,1-5H3. The molecule has 1 saturated heterocycles. The number of carbonyl (C=O) groups excluding carboxylic acids is 1. The predicted molar refractivity (Wildman–Crippen MR) is 85.1 cm³/mol. The number of carbonyl (C=O) groups is 1. The molecule has 2 unspecified atom stereocenters. The van der Waals surface area contributed by atoms with Gasteiger partial charge in [0.25, 0.3) is 0 Å². The molecule has 0 aliphatic carbocycles. The smallest absolute Gasteiger partial charge is 0.410 e. The Balaban J connectivity index is 2.08. The van der Waals surface area contributed by atoms with Gasteiger partial charge in [-0.3, -0.25) is 0 Å². The van der Waals surface area contributed by atoms with Crippen LogP contribution in [0.25, 0.3) is 0 Å². The van der Waals surface area contributed by atoms with Crippen LogP contribution in [0.5, 0.6) is 5.88 Å². The minimum absolute atomic E-state index is 0.231. The summed E-state index contributed by atoms with van der Waals surface area (Å²) in [5, 5.41) is 0. The molecule has 1 aliphatic heterocycles. The highest BCUT2D eigenvalue weighted by molar-refractivity contribution is 5.68. The van der Waals surface area contributed by atoms with Gasteiger partial charge in [0.05, 0.1) is 7.11 Å². The Kier molecular flexibility index (Phi) is 4.94. The van der Waals surface area contributed by atoms with Gasteiger partial charge >= 0.3 is 6.09 Å². The summed E-state index contributed by atoms with van der Waals surface area (Å²) >= 11 is 0. The Labute approximate surface area is 132 Å². The van der Waals surface area contributed by atoms with E-state index in [1.165, 1.54) is 0 Å². The Hall–Kier alpha value is -1.78. The van der Waals surface area contributed by atoms with Crippen LogP contribution in [0.3, 0.4) is 0 Å². The number of ether oxygens (including phenoxy) is 2. The molecule has 1 aromatic heterocycles. The molecule has 1 fully saturated rings. The molecule has 0 saturated carbocycles. The summed E-state index contributed by atoms with van der Waals surface area (Å²) in [6.07, 6.45) is 2.66. The zero-order chi connectivity index (χ0) is 16.3. The molecule has 22 heavy (non-hydrogen) atoms. The molecule has 2 heterocycles. The fourth-order valence-corrected chi connectivity index (χ4v) is 2.82. The molecule has 1 aliphatic rings. The lowest BCUT2D eigenvalue weighted by atomic mass is 9.86. The summed E-state index contributed by atoms with van der Waals surface area (Å²) in [7, 11) is 1.61. The maximum absolute atomic E-state index is 12.3. The van der Waals surface area contributed by atoms with E-state index in [0.29, 0.717) is 18.3 Å². The fraction of sp³-hybridized carbons (Fsp3) is 0.647. The first-order valence-electron chi connectivity index (χ1n) is 7.76. The summed E-state index contributed by atoms with van der Waals surface area (Å²) < 4.78 is 10.6. The average molecular weight is 306 g/mol. The van der Waals surface area contributed by atoms with Crippen molar-refractivity contribution in [3.05, 3.63) is 23.9 Å². The minimum Gasteiger partial charge on any atom is -0.481 e. The second-order valence-electron chi connectivity index (χ2n) is 7.06. The number of aromatic nitrogens is 1. The van der Waals surface area contributed by atoms with Gasteiger partial charge in [-0.1, -0.05) is 13.0 Å². The normalized spacial score (nSPS) is 22.3. The van der Waals surface area contributed by atoms with E-state index < -0.39 is 5.60 Å². The number of rotatable bonds is 2. The van der Waals surface area contributed by atoms with E-state index in [1.807, 2.05) is 44.0 Å². The summed E-state index contributed by atoms with van der Waals surface area (Å²) in [5.41, 5.74) is 0.676. The van der Waals surface area contributed by atoms with Gasteiger partial charge in [0.2, 0.25) is 5.88 Å². The summed E-state index contributed by atoms with van der Waals surface area (Å²) in [5.74, 6) is 1.33. The lowest BCUT2D eigenvalue weighted by molar-refractivity contribution is 0.0151. The first kappa shape index (κ1) is 16.6. The molecule has 0 radical (unpaired) electrons. The average Bonchev–Trinajstić information content (AvgIpc) is 2.45. The summed E-state index contributed by atoms with van der Waals surface area (Å²) in [6.45, 7) is 9.26. The lowest BCUT2D eigenvalue weighted by Gasteiger charge is -2.37. The number of piperidine rings is 1. The van der Waals surface area contributed by atoms with Crippen molar-refractivity contribution < 1.29 is 14.3 Å². The molecule has 2 rings (SSSR count). The van der Waals surface area contributed by atoms with Gasteiger partial charge in [0.1, 0.15) is 5.60 Å². The second-order valence-corrected chi connectivity index (χ2v) is 7.06. The Morgan fingerprint density at radius 1 is 1.32 bits per heavy atom. The molecular formula is C17H26N2O3. The first-order chi connectivity index (χ1) is 10.3. The fourth-order valence-electron chi connectivity index (χ4n) is 2.82. The maximum atomic E-state index is 12.3. The van der Waals surface area contributed by atoms with Crippen LogP contribution >= 0.6 is 0 Å². The SMILES string of the molecule is COc1ccc(C2CC(C)CN(C(=O)OC(C)(C)C)C2)cn1. The van der Waals surface area contributed by atoms with Crippen molar-refractivity contribution >= 4 is 6.09 Å². The monoisotopic (exact) mass is 306 g/mol. The Morgan fingerprint density at radius 2 is 2.05 bits per heavy atom. The summed E-state index contributed by atoms with van der Waals surface area (Å²) in [6, 6.07) is 3.90. The van der Waals surface area contributed by atoms with Crippen LogP contribution in [-0.2, 0) is 4.74 Å². The molecule has 0 spiro atoms. The van der Waals surface area contributed by atoms with Gasteiger partial charge in [0.15, 0.2) is 0 Å². The lowest BCUT2D eigenvalue weighted by Crippen LogP contribution is -2.44. The Bertz CT molecular complexity index is 508. The maximum Gasteiger partial charge on any atom is 0.410 e. The predicted octanol–water partition coefficient (Wildman–Crippen LogP) is 3.45. The van der Waals surface area contributed by atoms with Crippen LogP contribution in [0, 0.1) is 5.92 Å². The number of nitrogens with zero attached hydrogens (tertiary/aromatic N) is 2. The Morgan fingerprint density at radius 3 is 2.59 bits per heavy atom. The van der Waals surface area contributed by atoms with Crippen molar-refractivity contribution in [2.75, 3.05) is 20.2 Å². The molecule has 0 aromatic carbocycles. The third-order valence-electron chi connectivity index (χ3n) is 3.75. The van der Waals surface area contributed by atoms with Crippen molar-refractivity contribution in [3.63, 3.8) is 0 Å². The van der Waals surface area contributed by atoms with E-state index >= 15 is 0 Å². The number of pyridine rings is 1. The molecule has 1 aromatic rings. The van der Waals surface area contributed by atoms with Gasteiger partial charge in [-0.15, -0.1) is 0 Å². The van der Waals surface area contributed by atoms with Gasteiger partial charge in [-0.05, 0) is 38.7 Å². The highest BCUT2D eigenvalue weighted by atomic mass is 16.6. The molecule has 122 valence electrons. The third-order valence-corrected chi connectivity index (χ3v) is 3.75. The molecule has 1 amide bonds. The van der Waals surface area contributed by atoms with E-state index in [-0.39, 0.29) is 12.0 Å². The van der Waals surface area contributed by atoms with Gasteiger partial charge in [-0.25, -0.2) is 9.78 Å². The molecule has 0 N–H and O–H groups in total. The largest absolute Gasteiger partial charge is 0.481 e. The van der Waals surface area contributed by atoms with Gasteiger partial charge in [0, 0.05) is 31.3 Å². The molecule has 5 nitrogen and oxygen atoms in total. The second kappa shape index (κ2) is 6.55. The van der Waals surface area contributed by atoms with Crippen LogP contribution in [0.15, 0.2) is 18.3 Å². The highest BCUT2D eigenvalue weighted by Crippen LogP contribution is 2.31. The molecule has 2 atom stereocenters. The van der Waals surface area contributed by atoms with Crippen molar-refractivity contribution in [2.45, 2.75) is 45.6 Å². The van der Waals surface area contributed by atoms with Crippen molar-refractivity contribution in [1.82, 2.24) is 9.88 Å². The topological polar surface area (TPSA) is 51.7 Å². The highest BCUT2D eigenvalue weighted by Gasteiger charge is 2.31. The zero-order valence-electron chi connectivity index (χ0n) is 14.1. The van der Waals surface area contributed by atoms with Crippen LogP contribution in [0.2, 0.25) is 0 Å². The van der Waals surface area contributed by atoms with Crippen molar-refractivity contribution in [3.8, 4) is 5.88 Å². The molecular weight excluding hydrogens is 280 g/mol. The van der Waals surface area contributed by atoms with E-state index in [4.69, 9.17) is 9.47 Å². The van der Waals surface area contributed by atoms with Crippen LogP contribution in [0.4, 0.5) is 4.79 Å². The quantitative estimate of drug-likeness (QED) is 0.839. The number of likely N-dealkylation sites (tertiary alicyclic amines) is 1. The van der Waals surface area contributed by atoms with E-state index in [1.54, 1.807) is 7.11 Å². The number of amides is 1. The van der Waals surface area contributed by atoms with Gasteiger partial charge in [-0.2, -0.15) is 0 Å². The third kappa shape index (κ3) is 4.36. The van der Waals surface area contributed by atoms with E-state index in [0.717, 1.165) is 18.5 Å². The number of methoxy groups -OCH3 is 1. The number of hydrogen-bond acceptors (Lipinski definition) is 4. The molecule has 0 bridgehead atoms. The summed E-state index contributed by atoms with van der Waals surface area (Å²) in [4.78, 5) is 18.4. The van der Waals surface area contributed by atoms with Crippen molar-refractivity contribution in [1.29, 1.82) is 0 Å². The van der Waals surface area contributed by atoms with E-state index in [2.05, 4.69) is 11.9 Å². The molecule has 5 heteroatoms. The zero-order valence-corrected chi connectivity index (χ0v) is 14.1. The van der Waals surface area contributed by atoms with Crippen LogP contribution in [0.1, 0.15) is 45.6 Å². The van der Waals surface area contributed by atoms with E-state index in [9.17, 15) is 4.79 Å². The van der Waals surface area contributed by atoms with Crippen molar-refractivity contribution in [2.24, 2.45) is 5.92 Å². The van der Waals surface area contributed by atoms with Crippen LogP contribution < -0.4 is 4.74 Å². The first-order valence-corrected chi connectivity index (χ1v) is 7.76. The van der Waals surface area contributed by atoms with Crippen LogP contribution in [-0.4, -0.2) is 41.8 Å². The van der Waals surface area contributed by atoms with Gasteiger partial charge < -0.3 is 14.4 Å². The number of hydrogen-bond donors (Lipinski definition) is 0.